The number of carbonyl (C=O) groups excluding carboxylic acids is 3. The first-order valence-electron chi connectivity index (χ1n) is 7.28. The van der Waals surface area contributed by atoms with Crippen LogP contribution in [0, 0.1) is 0 Å². The summed E-state index contributed by atoms with van der Waals surface area (Å²) in [5.74, 6) is -0.632. The Morgan fingerprint density at radius 1 is 1.09 bits per heavy atom. The molecule has 0 saturated carbocycles. The molecular weight excluding hydrogens is 294 g/mol. The predicted molar refractivity (Wildman–Crippen MR) is 83.6 cm³/mol. The smallest absolute Gasteiger partial charge is 0.251 e. The first-order chi connectivity index (χ1) is 11.1. The summed E-state index contributed by atoms with van der Waals surface area (Å²) in [6, 6.07) is 10.1. The Morgan fingerprint density at radius 3 is 2.39 bits per heavy atom. The van der Waals surface area contributed by atoms with E-state index in [9.17, 15) is 14.4 Å². The molecule has 0 atom stereocenters. The lowest BCUT2D eigenvalue weighted by Gasteiger charge is -2.14. The van der Waals surface area contributed by atoms with Gasteiger partial charge in [-0.2, -0.15) is 0 Å². The second-order valence-electron chi connectivity index (χ2n) is 5.21. The summed E-state index contributed by atoms with van der Waals surface area (Å²) in [7, 11) is 0. The Hall–Kier alpha value is -3.02. The lowest BCUT2D eigenvalue weighted by Crippen LogP contribution is -2.28. The first-order valence-corrected chi connectivity index (χ1v) is 7.28. The standard InChI is InChI=1S/C17H15N3O3/c21-15-7-8-16(22)20(15)14-5-3-13(4-6-14)17(23)19-11-12-2-1-9-18-10-12/h1-6,9-10H,7-8,11H2,(H,19,23). The van der Waals surface area contributed by atoms with E-state index in [4.69, 9.17) is 0 Å². The Kier molecular flexibility index (Phi) is 4.14. The molecule has 6 nitrogen and oxygen atoms in total. The van der Waals surface area contributed by atoms with Crippen LogP contribution in [-0.4, -0.2) is 22.7 Å². The van der Waals surface area contributed by atoms with Crippen molar-refractivity contribution in [3.05, 3.63) is 59.9 Å². The molecule has 3 rings (SSSR count). The molecule has 0 aliphatic carbocycles. The number of nitrogens with zero attached hydrogens (tertiary/aromatic N) is 2. The van der Waals surface area contributed by atoms with Crippen molar-refractivity contribution in [2.24, 2.45) is 0 Å². The van der Waals surface area contributed by atoms with Crippen LogP contribution >= 0.6 is 0 Å². The van der Waals surface area contributed by atoms with Crippen molar-refractivity contribution in [3.63, 3.8) is 0 Å². The number of benzene rings is 1. The molecule has 1 fully saturated rings. The van der Waals surface area contributed by atoms with E-state index in [1.165, 1.54) is 0 Å². The summed E-state index contributed by atoms with van der Waals surface area (Å²) >= 11 is 0. The average molecular weight is 309 g/mol. The molecule has 1 aromatic heterocycles. The van der Waals surface area contributed by atoms with Crippen LogP contribution in [0.1, 0.15) is 28.8 Å². The largest absolute Gasteiger partial charge is 0.348 e. The third-order valence-corrected chi connectivity index (χ3v) is 3.62. The van der Waals surface area contributed by atoms with Gasteiger partial charge in [-0.05, 0) is 35.9 Å². The number of imide groups is 1. The van der Waals surface area contributed by atoms with Crippen LogP contribution in [0.25, 0.3) is 0 Å². The SMILES string of the molecule is O=C(NCc1cccnc1)c1ccc(N2C(=O)CCC2=O)cc1. The van der Waals surface area contributed by atoms with Crippen LogP contribution in [0.3, 0.4) is 0 Å². The first kappa shape index (κ1) is 14.9. The van der Waals surface area contributed by atoms with Gasteiger partial charge in [0, 0.05) is 37.3 Å². The zero-order valence-electron chi connectivity index (χ0n) is 12.4. The number of anilines is 1. The lowest BCUT2D eigenvalue weighted by molar-refractivity contribution is -0.121. The molecule has 0 bridgehead atoms. The van der Waals surface area contributed by atoms with Gasteiger partial charge in [-0.15, -0.1) is 0 Å². The van der Waals surface area contributed by atoms with Gasteiger partial charge in [-0.1, -0.05) is 6.07 Å². The second-order valence-corrected chi connectivity index (χ2v) is 5.21. The summed E-state index contributed by atoms with van der Waals surface area (Å²) in [4.78, 5) is 40.6. The maximum atomic E-state index is 12.1. The molecule has 2 heterocycles. The van der Waals surface area contributed by atoms with Crippen LogP contribution in [0.4, 0.5) is 5.69 Å². The molecular formula is C17H15N3O3. The van der Waals surface area contributed by atoms with Gasteiger partial charge in [0.05, 0.1) is 5.69 Å². The molecule has 23 heavy (non-hydrogen) atoms. The second kappa shape index (κ2) is 6.39. The molecule has 0 unspecified atom stereocenters. The van der Waals surface area contributed by atoms with E-state index >= 15 is 0 Å². The van der Waals surface area contributed by atoms with Crippen LogP contribution in [0.15, 0.2) is 48.8 Å². The Balaban J connectivity index is 1.66. The van der Waals surface area contributed by atoms with Crippen molar-refractivity contribution in [3.8, 4) is 0 Å². The Labute approximate surface area is 133 Å². The van der Waals surface area contributed by atoms with Crippen molar-refractivity contribution < 1.29 is 14.4 Å². The van der Waals surface area contributed by atoms with Gasteiger partial charge in [-0.3, -0.25) is 24.3 Å². The number of amides is 3. The molecule has 6 heteroatoms. The van der Waals surface area contributed by atoms with Gasteiger partial charge < -0.3 is 5.32 Å². The minimum Gasteiger partial charge on any atom is -0.348 e. The zero-order valence-corrected chi connectivity index (χ0v) is 12.4. The van der Waals surface area contributed by atoms with Crippen molar-refractivity contribution >= 4 is 23.4 Å². The van der Waals surface area contributed by atoms with Gasteiger partial charge >= 0.3 is 0 Å². The number of aromatic nitrogens is 1. The highest BCUT2D eigenvalue weighted by Gasteiger charge is 2.30. The van der Waals surface area contributed by atoms with Gasteiger partial charge in [0.25, 0.3) is 5.91 Å². The number of pyridine rings is 1. The maximum Gasteiger partial charge on any atom is 0.251 e. The lowest BCUT2D eigenvalue weighted by atomic mass is 10.1. The van der Waals surface area contributed by atoms with Crippen LogP contribution in [0.2, 0.25) is 0 Å². The maximum absolute atomic E-state index is 12.1. The van der Waals surface area contributed by atoms with Crippen molar-refractivity contribution in [2.75, 3.05) is 4.90 Å². The fraction of sp³-hybridized carbons (Fsp3) is 0.176. The van der Waals surface area contributed by atoms with Crippen molar-refractivity contribution in [1.29, 1.82) is 0 Å². The molecule has 2 aromatic rings. The fourth-order valence-electron chi connectivity index (χ4n) is 2.41. The molecule has 0 spiro atoms. The van der Waals surface area contributed by atoms with Gasteiger partial charge in [0.1, 0.15) is 0 Å². The molecule has 1 N–H and O–H groups in total. The van der Waals surface area contributed by atoms with Gasteiger partial charge in [0.2, 0.25) is 11.8 Å². The quantitative estimate of drug-likeness (QED) is 0.871. The van der Waals surface area contributed by atoms with E-state index < -0.39 is 0 Å². The number of carbonyl (C=O) groups is 3. The fourth-order valence-corrected chi connectivity index (χ4v) is 2.41. The van der Waals surface area contributed by atoms with Gasteiger partial charge in [-0.25, -0.2) is 0 Å². The summed E-state index contributed by atoms with van der Waals surface area (Å²) in [5.41, 5.74) is 1.88. The van der Waals surface area contributed by atoms with E-state index in [1.54, 1.807) is 42.7 Å². The highest BCUT2D eigenvalue weighted by molar-refractivity contribution is 6.19. The Morgan fingerprint density at radius 2 is 1.78 bits per heavy atom. The summed E-state index contributed by atoms with van der Waals surface area (Å²) in [6.45, 7) is 0.386. The third-order valence-electron chi connectivity index (χ3n) is 3.62. The minimum atomic E-state index is -0.223. The topological polar surface area (TPSA) is 79.4 Å². The van der Waals surface area contributed by atoms with Crippen LogP contribution in [0.5, 0.6) is 0 Å². The van der Waals surface area contributed by atoms with Gasteiger partial charge in [0.15, 0.2) is 0 Å². The normalized spacial score (nSPS) is 14.2. The highest BCUT2D eigenvalue weighted by Crippen LogP contribution is 2.22. The third kappa shape index (κ3) is 3.26. The van der Waals surface area contributed by atoms with E-state index in [1.807, 2.05) is 6.07 Å². The average Bonchev–Trinajstić information content (AvgIpc) is 2.92. The van der Waals surface area contributed by atoms with Crippen molar-refractivity contribution in [1.82, 2.24) is 10.3 Å². The number of hydrogen-bond donors (Lipinski definition) is 1. The summed E-state index contributed by atoms with van der Waals surface area (Å²) < 4.78 is 0. The highest BCUT2D eigenvalue weighted by atomic mass is 16.2. The molecule has 0 radical (unpaired) electrons. The van der Waals surface area contributed by atoms with E-state index in [0.717, 1.165) is 10.5 Å². The molecule has 1 aliphatic heterocycles. The van der Waals surface area contributed by atoms with E-state index in [0.29, 0.717) is 17.8 Å². The molecule has 1 saturated heterocycles. The molecule has 1 aliphatic rings. The van der Waals surface area contributed by atoms with Crippen molar-refractivity contribution in [2.45, 2.75) is 19.4 Å². The van der Waals surface area contributed by atoms with Crippen LogP contribution < -0.4 is 10.2 Å². The number of hydrogen-bond acceptors (Lipinski definition) is 4. The van der Waals surface area contributed by atoms with E-state index in [-0.39, 0.29) is 30.6 Å². The Bertz CT molecular complexity index is 725. The predicted octanol–water partition coefficient (Wildman–Crippen LogP) is 1.67. The molecule has 1 aromatic carbocycles. The number of rotatable bonds is 4. The van der Waals surface area contributed by atoms with Crippen LogP contribution in [-0.2, 0) is 16.1 Å². The summed E-state index contributed by atoms with van der Waals surface area (Å²) in [6.07, 6.45) is 3.84. The monoisotopic (exact) mass is 309 g/mol. The molecule has 3 amide bonds. The zero-order chi connectivity index (χ0) is 16.2. The number of nitrogens with one attached hydrogen (secondary N) is 1. The minimum absolute atomic E-state index is 0.205. The molecule has 116 valence electrons. The van der Waals surface area contributed by atoms with E-state index in [2.05, 4.69) is 10.3 Å². The summed E-state index contributed by atoms with van der Waals surface area (Å²) in [5, 5.41) is 2.80.